The molecule has 2 aromatic carbocycles. The normalized spacial score (nSPS) is 14.4. The van der Waals surface area contributed by atoms with Crippen LogP contribution in [-0.4, -0.2) is 52.3 Å². The average molecular weight is 491 g/mol. The molecule has 1 aliphatic rings. The maximum Gasteiger partial charge on any atom is 0.276 e. The van der Waals surface area contributed by atoms with Crippen LogP contribution in [0.3, 0.4) is 0 Å². The largest absolute Gasteiger partial charge is 0.319 e. The highest BCUT2D eigenvalue weighted by Crippen LogP contribution is 2.25. The van der Waals surface area contributed by atoms with E-state index >= 15 is 0 Å². The molecule has 1 aliphatic heterocycles. The number of nitrogens with zero attached hydrogens (tertiary/aromatic N) is 4. The van der Waals surface area contributed by atoms with E-state index < -0.39 is 0 Å². The minimum absolute atomic E-state index is 0.281. The number of benzene rings is 2. The quantitative estimate of drug-likeness (QED) is 0.240. The first-order valence-electron chi connectivity index (χ1n) is 12.4. The van der Waals surface area contributed by atoms with Crippen LogP contribution in [0.15, 0.2) is 89.7 Å². The van der Waals surface area contributed by atoms with Crippen LogP contribution in [-0.2, 0) is 6.42 Å². The van der Waals surface area contributed by atoms with E-state index in [9.17, 15) is 4.79 Å². The molecule has 0 spiro atoms. The maximum absolute atomic E-state index is 13.1. The van der Waals surface area contributed by atoms with E-state index in [0.717, 1.165) is 59.4 Å². The Labute approximate surface area is 216 Å². The van der Waals surface area contributed by atoms with Crippen LogP contribution in [0.25, 0.3) is 16.5 Å². The third kappa shape index (κ3) is 5.90. The van der Waals surface area contributed by atoms with Gasteiger partial charge in [-0.05, 0) is 79.7 Å². The summed E-state index contributed by atoms with van der Waals surface area (Å²) >= 11 is 0. The molecule has 0 bridgehead atoms. The molecule has 0 saturated carbocycles. The number of aromatic amines is 1. The lowest BCUT2D eigenvalue weighted by Gasteiger charge is -2.30. The molecule has 186 valence electrons. The summed E-state index contributed by atoms with van der Waals surface area (Å²) in [6.07, 6.45) is 7.62. The summed E-state index contributed by atoms with van der Waals surface area (Å²) < 4.78 is 0. The van der Waals surface area contributed by atoms with Crippen LogP contribution in [0.1, 0.15) is 40.7 Å². The van der Waals surface area contributed by atoms with Crippen LogP contribution in [0, 0.1) is 0 Å². The SMILES string of the molecule is C=N/C=C(\C=C(/C)c1ccc2[nH]nc(C(=O)Nc3ccc(Cc4ccccc4)nc3)c2c1)CN1CCC1. The Hall–Kier alpha value is -4.36. The minimum atomic E-state index is -0.281. The zero-order valence-electron chi connectivity index (χ0n) is 20.9. The Morgan fingerprint density at radius 1 is 1.16 bits per heavy atom. The molecule has 1 amide bonds. The van der Waals surface area contributed by atoms with Gasteiger partial charge in [0.25, 0.3) is 5.91 Å². The molecule has 4 aromatic rings. The van der Waals surface area contributed by atoms with E-state index in [-0.39, 0.29) is 5.91 Å². The highest BCUT2D eigenvalue weighted by atomic mass is 16.1. The zero-order chi connectivity index (χ0) is 25.6. The number of hydrogen-bond donors (Lipinski definition) is 2. The number of allylic oxidation sites excluding steroid dienone is 1. The molecule has 2 aromatic heterocycles. The fraction of sp³-hybridized carbons (Fsp3) is 0.200. The van der Waals surface area contributed by atoms with E-state index in [1.54, 1.807) is 6.20 Å². The van der Waals surface area contributed by atoms with Crippen LogP contribution >= 0.6 is 0 Å². The van der Waals surface area contributed by atoms with E-state index in [4.69, 9.17) is 0 Å². The molecule has 7 heteroatoms. The number of nitrogens with one attached hydrogen (secondary N) is 2. The van der Waals surface area contributed by atoms with Crippen molar-refractivity contribution >= 4 is 34.8 Å². The molecular formula is C30H30N6O. The second kappa shape index (κ2) is 11.1. The predicted molar refractivity (Wildman–Crippen MR) is 150 cm³/mol. The third-order valence-corrected chi connectivity index (χ3v) is 6.56. The number of anilines is 1. The Balaban J connectivity index is 1.31. The molecular weight excluding hydrogens is 460 g/mol. The summed E-state index contributed by atoms with van der Waals surface area (Å²) in [4.78, 5) is 24.0. The number of hydrogen-bond acceptors (Lipinski definition) is 5. The summed E-state index contributed by atoms with van der Waals surface area (Å²) in [5.74, 6) is -0.281. The number of likely N-dealkylation sites (tertiary alicyclic amines) is 1. The van der Waals surface area contributed by atoms with Crippen molar-refractivity contribution < 1.29 is 4.79 Å². The van der Waals surface area contributed by atoms with Gasteiger partial charge in [-0.1, -0.05) is 42.5 Å². The summed E-state index contributed by atoms with van der Waals surface area (Å²) in [6.45, 7) is 8.78. The number of fused-ring (bicyclic) bond motifs is 1. The lowest BCUT2D eigenvalue weighted by atomic mass is 10.0. The lowest BCUT2D eigenvalue weighted by molar-refractivity contribution is 0.102. The number of aromatic nitrogens is 3. The molecule has 7 nitrogen and oxygen atoms in total. The predicted octanol–water partition coefficient (Wildman–Crippen LogP) is 5.49. The maximum atomic E-state index is 13.1. The highest BCUT2D eigenvalue weighted by molar-refractivity contribution is 6.11. The second-order valence-electron chi connectivity index (χ2n) is 9.33. The molecule has 5 rings (SSSR count). The molecule has 0 unspecified atom stereocenters. The van der Waals surface area contributed by atoms with Gasteiger partial charge < -0.3 is 5.32 Å². The molecule has 0 aliphatic carbocycles. The van der Waals surface area contributed by atoms with Gasteiger partial charge >= 0.3 is 0 Å². The van der Waals surface area contributed by atoms with Gasteiger partial charge in [-0.25, -0.2) is 0 Å². The number of pyridine rings is 1. The fourth-order valence-corrected chi connectivity index (χ4v) is 4.43. The van der Waals surface area contributed by atoms with Crippen molar-refractivity contribution in [2.75, 3.05) is 25.0 Å². The van der Waals surface area contributed by atoms with Crippen molar-refractivity contribution in [1.82, 2.24) is 20.1 Å². The van der Waals surface area contributed by atoms with Crippen molar-refractivity contribution in [2.24, 2.45) is 4.99 Å². The van der Waals surface area contributed by atoms with Gasteiger partial charge in [0.1, 0.15) is 0 Å². The topological polar surface area (TPSA) is 86.3 Å². The second-order valence-corrected chi connectivity index (χ2v) is 9.33. The van der Waals surface area contributed by atoms with Gasteiger partial charge in [0, 0.05) is 30.2 Å². The van der Waals surface area contributed by atoms with E-state index in [2.05, 4.69) is 62.2 Å². The number of aliphatic imine (C=N–C) groups is 1. The molecule has 1 fully saturated rings. The fourth-order valence-electron chi connectivity index (χ4n) is 4.43. The van der Waals surface area contributed by atoms with Gasteiger partial charge in [0.2, 0.25) is 0 Å². The lowest BCUT2D eigenvalue weighted by Crippen LogP contribution is -2.38. The molecule has 0 atom stereocenters. The van der Waals surface area contributed by atoms with Crippen molar-refractivity contribution in [3.63, 3.8) is 0 Å². The number of amides is 1. The van der Waals surface area contributed by atoms with Crippen LogP contribution in [0.4, 0.5) is 5.69 Å². The monoisotopic (exact) mass is 490 g/mol. The van der Waals surface area contributed by atoms with Crippen LogP contribution in [0.2, 0.25) is 0 Å². The number of carbonyl (C=O) groups excluding carboxylic acids is 1. The molecule has 3 heterocycles. The van der Waals surface area contributed by atoms with Gasteiger partial charge in [-0.15, -0.1) is 0 Å². The Bertz CT molecular complexity index is 1460. The standard InChI is InChI=1S/C30H30N6O/c1-21(15-23(18-31-2)20-36-13-6-14-36)24-9-12-28-27(17-24)29(35-34-28)30(37)33-26-11-10-25(32-19-26)16-22-7-4-3-5-8-22/h3-5,7-12,15,17-19H,2,6,13-14,16,20H2,1H3,(H,33,37)(H,34,35)/b21-15+,23-18+. The van der Waals surface area contributed by atoms with Crippen molar-refractivity contribution in [2.45, 2.75) is 19.8 Å². The first-order chi connectivity index (χ1) is 18.1. The van der Waals surface area contributed by atoms with Crippen LogP contribution < -0.4 is 5.32 Å². The Morgan fingerprint density at radius 3 is 2.70 bits per heavy atom. The number of H-pyrrole nitrogens is 1. The van der Waals surface area contributed by atoms with Crippen molar-refractivity contribution in [3.05, 3.63) is 107 Å². The van der Waals surface area contributed by atoms with E-state index in [0.29, 0.717) is 11.4 Å². The first-order valence-corrected chi connectivity index (χ1v) is 12.4. The van der Waals surface area contributed by atoms with Gasteiger partial charge in [-0.2, -0.15) is 5.10 Å². The van der Waals surface area contributed by atoms with E-state index in [1.165, 1.54) is 12.0 Å². The Kier molecular flexibility index (Phi) is 7.33. The van der Waals surface area contributed by atoms with Crippen molar-refractivity contribution in [3.8, 4) is 0 Å². The average Bonchev–Trinajstić information content (AvgIpc) is 3.31. The van der Waals surface area contributed by atoms with Gasteiger partial charge in [-0.3, -0.25) is 24.8 Å². The van der Waals surface area contributed by atoms with Gasteiger partial charge in [0.15, 0.2) is 5.69 Å². The number of carbonyl (C=O) groups is 1. The van der Waals surface area contributed by atoms with Crippen molar-refractivity contribution in [1.29, 1.82) is 0 Å². The summed E-state index contributed by atoms with van der Waals surface area (Å²) in [5.41, 5.74) is 7.14. The third-order valence-electron chi connectivity index (χ3n) is 6.56. The molecule has 1 saturated heterocycles. The smallest absolute Gasteiger partial charge is 0.276 e. The zero-order valence-corrected chi connectivity index (χ0v) is 20.9. The molecule has 37 heavy (non-hydrogen) atoms. The highest BCUT2D eigenvalue weighted by Gasteiger charge is 2.17. The minimum Gasteiger partial charge on any atom is -0.319 e. The van der Waals surface area contributed by atoms with Crippen LogP contribution in [0.5, 0.6) is 0 Å². The number of rotatable bonds is 9. The first kappa shape index (κ1) is 24.3. The summed E-state index contributed by atoms with van der Waals surface area (Å²) in [6, 6.07) is 20.0. The van der Waals surface area contributed by atoms with E-state index in [1.807, 2.05) is 54.7 Å². The molecule has 0 radical (unpaired) electrons. The Morgan fingerprint density at radius 2 is 2.00 bits per heavy atom. The molecule has 2 N–H and O–H groups in total. The summed E-state index contributed by atoms with van der Waals surface area (Å²) in [7, 11) is 0. The van der Waals surface area contributed by atoms with Gasteiger partial charge in [0.05, 0.1) is 17.4 Å². The summed E-state index contributed by atoms with van der Waals surface area (Å²) in [5, 5.41) is 11.0.